The van der Waals surface area contributed by atoms with Gasteiger partial charge in [-0.3, -0.25) is 9.63 Å². The van der Waals surface area contributed by atoms with Gasteiger partial charge in [-0.15, -0.1) is 0 Å². The third kappa shape index (κ3) is 2.35. The van der Waals surface area contributed by atoms with E-state index in [2.05, 4.69) is 4.84 Å². The number of halogens is 2. The number of carbonyl (C=O) groups is 1. The largest absolute Gasteiger partial charge is 0.494 e. The first-order chi connectivity index (χ1) is 8.47. The van der Waals surface area contributed by atoms with E-state index >= 15 is 0 Å². The molecule has 1 aromatic carbocycles. The number of amides is 1. The van der Waals surface area contributed by atoms with Gasteiger partial charge in [0.2, 0.25) is 0 Å². The zero-order valence-corrected chi connectivity index (χ0v) is 10.4. The first-order valence-corrected chi connectivity index (χ1v) is 4.90. The van der Waals surface area contributed by atoms with Crippen molar-refractivity contribution >= 4 is 5.91 Å². The van der Waals surface area contributed by atoms with Crippen molar-refractivity contribution in [3.8, 4) is 11.5 Å². The second-order valence-corrected chi connectivity index (χ2v) is 3.27. The molecule has 0 fully saturated rings. The van der Waals surface area contributed by atoms with E-state index in [0.29, 0.717) is 5.06 Å². The Hall–Kier alpha value is -1.89. The minimum absolute atomic E-state index is 0.291. The van der Waals surface area contributed by atoms with E-state index in [1.807, 2.05) is 0 Å². The fraction of sp³-hybridized carbons (Fsp3) is 0.364. The molecule has 0 saturated heterocycles. The van der Waals surface area contributed by atoms with Crippen molar-refractivity contribution in [2.45, 2.75) is 0 Å². The number of ether oxygens (including phenoxy) is 2. The molecule has 0 bridgehead atoms. The second kappa shape index (κ2) is 5.63. The van der Waals surface area contributed by atoms with Gasteiger partial charge in [0.25, 0.3) is 5.91 Å². The highest BCUT2D eigenvalue weighted by Gasteiger charge is 2.27. The van der Waals surface area contributed by atoms with Crippen molar-refractivity contribution in [2.24, 2.45) is 0 Å². The van der Waals surface area contributed by atoms with Crippen LogP contribution < -0.4 is 9.47 Å². The molecule has 1 amide bonds. The zero-order chi connectivity index (χ0) is 13.9. The van der Waals surface area contributed by atoms with Crippen molar-refractivity contribution in [3.05, 3.63) is 23.3 Å². The Morgan fingerprint density at radius 3 is 1.89 bits per heavy atom. The van der Waals surface area contributed by atoms with Gasteiger partial charge in [-0.1, -0.05) is 0 Å². The summed E-state index contributed by atoms with van der Waals surface area (Å²) in [7, 11) is 4.83. The number of hydroxylamine groups is 2. The lowest BCUT2D eigenvalue weighted by Gasteiger charge is -2.16. The quantitative estimate of drug-likeness (QED) is 0.773. The Balaban J connectivity index is 3.45. The summed E-state index contributed by atoms with van der Waals surface area (Å²) < 4.78 is 37.2. The van der Waals surface area contributed by atoms with Gasteiger partial charge in [0, 0.05) is 13.1 Å². The lowest BCUT2D eigenvalue weighted by Crippen LogP contribution is -2.27. The molecule has 0 saturated carbocycles. The number of hydrogen-bond donors (Lipinski definition) is 0. The van der Waals surface area contributed by atoms with Crippen LogP contribution in [-0.2, 0) is 4.84 Å². The van der Waals surface area contributed by atoms with Gasteiger partial charge < -0.3 is 9.47 Å². The summed E-state index contributed by atoms with van der Waals surface area (Å²) in [6.45, 7) is 0. The topological polar surface area (TPSA) is 48.0 Å². The molecule has 0 unspecified atom stereocenters. The van der Waals surface area contributed by atoms with Gasteiger partial charge in [0.05, 0.1) is 21.3 Å². The molecule has 0 aromatic heterocycles. The van der Waals surface area contributed by atoms with Gasteiger partial charge in [0.15, 0.2) is 23.1 Å². The first kappa shape index (κ1) is 14.2. The predicted octanol–water partition coefficient (Wildman–Crippen LogP) is 1.62. The predicted molar refractivity (Wildman–Crippen MR) is 58.6 cm³/mol. The summed E-state index contributed by atoms with van der Waals surface area (Å²) in [5, 5.41) is 0.695. The standard InChI is InChI=1S/C11H13F2NO4/c1-14(18-4)11(15)8-9(12)6(16-2)5-7(17-3)10(8)13/h5H,1-4H3. The van der Waals surface area contributed by atoms with E-state index in [1.54, 1.807) is 0 Å². The van der Waals surface area contributed by atoms with Gasteiger partial charge in [-0.05, 0) is 0 Å². The van der Waals surface area contributed by atoms with Crippen molar-refractivity contribution in [1.82, 2.24) is 5.06 Å². The molecule has 0 heterocycles. The Morgan fingerprint density at radius 1 is 1.11 bits per heavy atom. The van der Waals surface area contributed by atoms with E-state index in [9.17, 15) is 13.6 Å². The molecule has 7 heteroatoms. The van der Waals surface area contributed by atoms with E-state index in [4.69, 9.17) is 9.47 Å². The first-order valence-electron chi connectivity index (χ1n) is 4.90. The van der Waals surface area contributed by atoms with Gasteiger partial charge in [0.1, 0.15) is 5.56 Å². The highest BCUT2D eigenvalue weighted by Crippen LogP contribution is 2.31. The normalized spacial score (nSPS) is 10.1. The van der Waals surface area contributed by atoms with Crippen molar-refractivity contribution in [2.75, 3.05) is 28.4 Å². The zero-order valence-electron chi connectivity index (χ0n) is 10.4. The molecule has 1 rings (SSSR count). The van der Waals surface area contributed by atoms with Crippen LogP contribution in [0.2, 0.25) is 0 Å². The van der Waals surface area contributed by atoms with Gasteiger partial charge in [-0.2, -0.15) is 0 Å². The average Bonchev–Trinajstić information content (AvgIpc) is 2.38. The lowest BCUT2D eigenvalue weighted by molar-refractivity contribution is -0.0762. The molecule has 100 valence electrons. The molecular formula is C11H13F2NO4. The third-order valence-electron chi connectivity index (χ3n) is 2.35. The molecule has 18 heavy (non-hydrogen) atoms. The maximum absolute atomic E-state index is 13.9. The number of benzene rings is 1. The SMILES string of the molecule is COc1cc(OC)c(F)c(C(=O)N(C)OC)c1F. The van der Waals surface area contributed by atoms with Crippen LogP contribution in [0, 0.1) is 11.6 Å². The Labute approximate surface area is 103 Å². The van der Waals surface area contributed by atoms with Crippen molar-refractivity contribution in [3.63, 3.8) is 0 Å². The van der Waals surface area contributed by atoms with Crippen LogP contribution in [0.3, 0.4) is 0 Å². The number of nitrogens with zero attached hydrogens (tertiary/aromatic N) is 1. The summed E-state index contributed by atoms with van der Waals surface area (Å²) in [5.41, 5.74) is -0.796. The molecule has 0 radical (unpaired) electrons. The third-order valence-corrected chi connectivity index (χ3v) is 2.35. The van der Waals surface area contributed by atoms with E-state index in [1.165, 1.54) is 28.4 Å². The summed E-state index contributed by atoms with van der Waals surface area (Å²) in [4.78, 5) is 16.4. The average molecular weight is 261 g/mol. The van der Waals surface area contributed by atoms with Gasteiger partial charge >= 0.3 is 0 Å². The molecule has 0 aliphatic heterocycles. The molecule has 0 aliphatic rings. The van der Waals surface area contributed by atoms with E-state index in [0.717, 1.165) is 6.07 Å². The van der Waals surface area contributed by atoms with Crippen LogP contribution in [0.25, 0.3) is 0 Å². The number of carbonyl (C=O) groups excluding carboxylic acids is 1. The van der Waals surface area contributed by atoms with E-state index in [-0.39, 0.29) is 11.5 Å². The fourth-order valence-electron chi connectivity index (χ4n) is 1.31. The van der Waals surface area contributed by atoms with Crippen LogP contribution in [0.1, 0.15) is 10.4 Å². The molecular weight excluding hydrogens is 248 g/mol. The molecule has 0 N–H and O–H groups in total. The lowest BCUT2D eigenvalue weighted by atomic mass is 10.1. The smallest absolute Gasteiger partial charge is 0.283 e. The van der Waals surface area contributed by atoms with Crippen LogP contribution in [0.4, 0.5) is 8.78 Å². The Bertz CT molecular complexity index is 437. The summed E-state index contributed by atoms with van der Waals surface area (Å²) in [6.07, 6.45) is 0. The monoisotopic (exact) mass is 261 g/mol. The van der Waals surface area contributed by atoms with Crippen LogP contribution in [0.5, 0.6) is 11.5 Å². The number of rotatable bonds is 4. The summed E-state index contributed by atoms with van der Waals surface area (Å²) >= 11 is 0. The second-order valence-electron chi connectivity index (χ2n) is 3.27. The number of hydrogen-bond acceptors (Lipinski definition) is 4. The maximum Gasteiger partial charge on any atom is 0.283 e. The maximum atomic E-state index is 13.9. The minimum Gasteiger partial charge on any atom is -0.494 e. The molecule has 0 spiro atoms. The number of methoxy groups -OCH3 is 2. The highest BCUT2D eigenvalue weighted by atomic mass is 19.1. The summed E-state index contributed by atoms with van der Waals surface area (Å²) in [6, 6.07) is 1.02. The fourth-order valence-corrected chi connectivity index (χ4v) is 1.31. The van der Waals surface area contributed by atoms with Crippen LogP contribution >= 0.6 is 0 Å². The molecule has 5 nitrogen and oxygen atoms in total. The Kier molecular flexibility index (Phi) is 4.43. The van der Waals surface area contributed by atoms with Crippen molar-refractivity contribution < 1.29 is 27.9 Å². The van der Waals surface area contributed by atoms with Crippen LogP contribution in [-0.4, -0.2) is 39.3 Å². The van der Waals surface area contributed by atoms with E-state index < -0.39 is 23.1 Å². The van der Waals surface area contributed by atoms with Gasteiger partial charge in [-0.25, -0.2) is 13.8 Å². The van der Waals surface area contributed by atoms with Crippen LogP contribution in [0.15, 0.2) is 6.07 Å². The Morgan fingerprint density at radius 2 is 1.56 bits per heavy atom. The summed E-state index contributed by atoms with van der Waals surface area (Å²) in [5.74, 6) is -3.78. The van der Waals surface area contributed by atoms with Crippen molar-refractivity contribution in [1.29, 1.82) is 0 Å². The minimum atomic E-state index is -1.11. The molecule has 1 aromatic rings. The highest BCUT2D eigenvalue weighted by molar-refractivity contribution is 5.95. The molecule has 0 aliphatic carbocycles. The molecule has 0 atom stereocenters.